The minimum absolute atomic E-state index is 0.0193. The number of esters is 1. The molecule has 0 aliphatic carbocycles. The van der Waals surface area contributed by atoms with Gasteiger partial charge in [0.1, 0.15) is 6.10 Å². The SMILES string of the molecule is CCCC(=O)OC(C)C(C)CO. The van der Waals surface area contributed by atoms with E-state index < -0.39 is 0 Å². The molecule has 2 unspecified atom stereocenters. The molecule has 0 aromatic heterocycles. The van der Waals surface area contributed by atoms with Crippen LogP contribution in [0.25, 0.3) is 0 Å². The maximum absolute atomic E-state index is 11.0. The number of hydrogen-bond donors (Lipinski definition) is 1. The van der Waals surface area contributed by atoms with E-state index in [0.29, 0.717) is 6.42 Å². The number of rotatable bonds is 5. The highest BCUT2D eigenvalue weighted by atomic mass is 16.5. The Hall–Kier alpha value is -0.570. The van der Waals surface area contributed by atoms with Crippen molar-refractivity contribution in [2.45, 2.75) is 39.7 Å². The molecule has 3 heteroatoms. The molecular formula is C9H18O3. The Kier molecular flexibility index (Phi) is 5.72. The van der Waals surface area contributed by atoms with E-state index in [-0.39, 0.29) is 24.6 Å². The standard InChI is InChI=1S/C9H18O3/c1-4-5-9(11)12-8(3)7(2)6-10/h7-8,10H,4-6H2,1-3H3. The lowest BCUT2D eigenvalue weighted by molar-refractivity contribution is -0.151. The van der Waals surface area contributed by atoms with Crippen LogP contribution in [-0.4, -0.2) is 23.8 Å². The topological polar surface area (TPSA) is 46.5 Å². The molecule has 0 aliphatic rings. The molecule has 0 spiro atoms. The Bertz CT molecular complexity index is 134. The van der Waals surface area contributed by atoms with Crippen LogP contribution in [0.3, 0.4) is 0 Å². The molecule has 0 aromatic carbocycles. The van der Waals surface area contributed by atoms with Gasteiger partial charge in [0, 0.05) is 18.9 Å². The van der Waals surface area contributed by atoms with Crippen molar-refractivity contribution in [1.82, 2.24) is 0 Å². The van der Waals surface area contributed by atoms with Crippen molar-refractivity contribution in [2.75, 3.05) is 6.61 Å². The van der Waals surface area contributed by atoms with Crippen LogP contribution in [0.4, 0.5) is 0 Å². The number of hydrogen-bond acceptors (Lipinski definition) is 3. The minimum Gasteiger partial charge on any atom is -0.462 e. The molecule has 0 aliphatic heterocycles. The summed E-state index contributed by atoms with van der Waals surface area (Å²) in [4.78, 5) is 11.0. The van der Waals surface area contributed by atoms with Crippen LogP contribution in [-0.2, 0) is 9.53 Å². The molecule has 0 saturated carbocycles. The van der Waals surface area contributed by atoms with Gasteiger partial charge in [-0.2, -0.15) is 0 Å². The van der Waals surface area contributed by atoms with Crippen LogP contribution in [0.5, 0.6) is 0 Å². The Morgan fingerprint density at radius 1 is 1.50 bits per heavy atom. The number of ether oxygens (including phenoxy) is 1. The van der Waals surface area contributed by atoms with E-state index >= 15 is 0 Å². The van der Waals surface area contributed by atoms with Gasteiger partial charge >= 0.3 is 5.97 Å². The van der Waals surface area contributed by atoms with E-state index in [2.05, 4.69) is 0 Å². The van der Waals surface area contributed by atoms with Crippen LogP contribution >= 0.6 is 0 Å². The van der Waals surface area contributed by atoms with E-state index in [1.807, 2.05) is 13.8 Å². The van der Waals surface area contributed by atoms with E-state index in [1.54, 1.807) is 6.92 Å². The number of carbonyl (C=O) groups is 1. The molecule has 0 radical (unpaired) electrons. The zero-order chi connectivity index (χ0) is 9.56. The molecule has 2 atom stereocenters. The van der Waals surface area contributed by atoms with Crippen LogP contribution in [0.1, 0.15) is 33.6 Å². The summed E-state index contributed by atoms with van der Waals surface area (Å²) in [5.74, 6) is -0.156. The first-order chi connectivity index (χ1) is 5.61. The van der Waals surface area contributed by atoms with E-state index in [9.17, 15) is 4.79 Å². The fourth-order valence-corrected chi connectivity index (χ4v) is 0.735. The zero-order valence-corrected chi connectivity index (χ0v) is 8.04. The van der Waals surface area contributed by atoms with Crippen molar-refractivity contribution >= 4 is 5.97 Å². The van der Waals surface area contributed by atoms with Gasteiger partial charge in [0.05, 0.1) is 0 Å². The molecule has 12 heavy (non-hydrogen) atoms. The van der Waals surface area contributed by atoms with Gasteiger partial charge in [-0.1, -0.05) is 13.8 Å². The lowest BCUT2D eigenvalue weighted by atomic mass is 10.1. The second kappa shape index (κ2) is 6.00. The fraction of sp³-hybridized carbons (Fsp3) is 0.889. The summed E-state index contributed by atoms with van der Waals surface area (Å²) in [7, 11) is 0. The quantitative estimate of drug-likeness (QED) is 0.640. The van der Waals surface area contributed by atoms with Crippen molar-refractivity contribution in [3.8, 4) is 0 Å². The fourth-order valence-electron chi connectivity index (χ4n) is 0.735. The Morgan fingerprint density at radius 3 is 2.50 bits per heavy atom. The van der Waals surface area contributed by atoms with Crippen LogP contribution < -0.4 is 0 Å². The van der Waals surface area contributed by atoms with Crippen LogP contribution in [0.2, 0.25) is 0 Å². The molecule has 0 rings (SSSR count). The lowest BCUT2D eigenvalue weighted by Crippen LogP contribution is -2.24. The summed E-state index contributed by atoms with van der Waals surface area (Å²) in [6.45, 7) is 5.64. The van der Waals surface area contributed by atoms with Gasteiger partial charge < -0.3 is 9.84 Å². The van der Waals surface area contributed by atoms with Gasteiger partial charge in [-0.15, -0.1) is 0 Å². The Balaban J connectivity index is 3.67. The average Bonchev–Trinajstić information content (AvgIpc) is 2.03. The highest BCUT2D eigenvalue weighted by Crippen LogP contribution is 2.07. The highest BCUT2D eigenvalue weighted by Gasteiger charge is 2.14. The maximum atomic E-state index is 11.0. The average molecular weight is 174 g/mol. The Labute approximate surface area is 73.7 Å². The minimum atomic E-state index is -0.186. The van der Waals surface area contributed by atoms with E-state index in [0.717, 1.165) is 6.42 Å². The van der Waals surface area contributed by atoms with Crippen molar-refractivity contribution in [1.29, 1.82) is 0 Å². The van der Waals surface area contributed by atoms with Gasteiger partial charge in [-0.3, -0.25) is 4.79 Å². The summed E-state index contributed by atoms with van der Waals surface area (Å²) >= 11 is 0. The predicted octanol–water partition coefficient (Wildman–Crippen LogP) is 1.35. The van der Waals surface area contributed by atoms with Gasteiger partial charge in [0.2, 0.25) is 0 Å². The van der Waals surface area contributed by atoms with Crippen molar-refractivity contribution in [2.24, 2.45) is 5.92 Å². The first kappa shape index (κ1) is 11.4. The Morgan fingerprint density at radius 2 is 2.08 bits per heavy atom. The monoisotopic (exact) mass is 174 g/mol. The van der Waals surface area contributed by atoms with E-state index in [1.165, 1.54) is 0 Å². The van der Waals surface area contributed by atoms with Gasteiger partial charge in [-0.05, 0) is 13.3 Å². The third kappa shape index (κ3) is 4.34. The third-order valence-corrected chi connectivity index (χ3v) is 1.86. The number of carbonyl (C=O) groups excluding carboxylic acids is 1. The largest absolute Gasteiger partial charge is 0.462 e. The number of aliphatic hydroxyl groups is 1. The van der Waals surface area contributed by atoms with Gasteiger partial charge in [0.15, 0.2) is 0 Å². The van der Waals surface area contributed by atoms with Gasteiger partial charge in [-0.25, -0.2) is 0 Å². The summed E-state index contributed by atoms with van der Waals surface area (Å²) in [5.41, 5.74) is 0. The molecule has 0 bridgehead atoms. The molecule has 1 N–H and O–H groups in total. The first-order valence-corrected chi connectivity index (χ1v) is 4.42. The third-order valence-electron chi connectivity index (χ3n) is 1.86. The molecular weight excluding hydrogens is 156 g/mol. The van der Waals surface area contributed by atoms with E-state index in [4.69, 9.17) is 9.84 Å². The molecule has 0 saturated heterocycles. The second-order valence-corrected chi connectivity index (χ2v) is 3.10. The van der Waals surface area contributed by atoms with Gasteiger partial charge in [0.25, 0.3) is 0 Å². The second-order valence-electron chi connectivity index (χ2n) is 3.10. The zero-order valence-electron chi connectivity index (χ0n) is 8.04. The smallest absolute Gasteiger partial charge is 0.306 e. The molecule has 0 fully saturated rings. The maximum Gasteiger partial charge on any atom is 0.306 e. The first-order valence-electron chi connectivity index (χ1n) is 4.42. The van der Waals surface area contributed by atoms with Crippen LogP contribution in [0, 0.1) is 5.92 Å². The molecule has 3 nitrogen and oxygen atoms in total. The summed E-state index contributed by atoms with van der Waals surface area (Å²) in [6.07, 6.45) is 1.08. The normalized spacial score (nSPS) is 15.3. The lowest BCUT2D eigenvalue weighted by Gasteiger charge is -2.17. The summed E-state index contributed by atoms with van der Waals surface area (Å²) in [5, 5.41) is 8.76. The highest BCUT2D eigenvalue weighted by molar-refractivity contribution is 5.69. The molecule has 0 aromatic rings. The van der Waals surface area contributed by atoms with Crippen LogP contribution in [0.15, 0.2) is 0 Å². The summed E-state index contributed by atoms with van der Waals surface area (Å²) in [6, 6.07) is 0. The molecule has 0 amide bonds. The van der Waals surface area contributed by atoms with Crippen molar-refractivity contribution < 1.29 is 14.6 Å². The van der Waals surface area contributed by atoms with Crippen molar-refractivity contribution in [3.63, 3.8) is 0 Å². The molecule has 0 heterocycles. The van der Waals surface area contributed by atoms with Crippen molar-refractivity contribution in [3.05, 3.63) is 0 Å². The predicted molar refractivity (Wildman–Crippen MR) is 46.7 cm³/mol. The molecule has 72 valence electrons. The summed E-state index contributed by atoms with van der Waals surface area (Å²) < 4.78 is 5.04. The number of aliphatic hydroxyl groups excluding tert-OH is 1.